The Morgan fingerprint density at radius 3 is 1.86 bits per heavy atom. The molecule has 0 fully saturated rings. The summed E-state index contributed by atoms with van der Waals surface area (Å²) in [6.07, 6.45) is 2.39. The zero-order valence-electron chi connectivity index (χ0n) is 4.81. The molecule has 0 amide bonds. The normalized spacial score (nSPS) is 6.00. The van der Waals surface area contributed by atoms with E-state index >= 15 is 0 Å². The van der Waals surface area contributed by atoms with Crippen molar-refractivity contribution in [1.29, 1.82) is 0 Å². The third-order valence-corrected chi connectivity index (χ3v) is 0.558. The van der Waals surface area contributed by atoms with E-state index < -0.39 is 0 Å². The molecule has 0 aromatic heterocycles. The van der Waals surface area contributed by atoms with Crippen molar-refractivity contribution in [3.8, 4) is 0 Å². The first-order valence-corrected chi connectivity index (χ1v) is 2.12. The summed E-state index contributed by atoms with van der Waals surface area (Å²) in [5, 5.41) is 0. The van der Waals surface area contributed by atoms with Gasteiger partial charge in [-0.25, -0.2) is 0 Å². The van der Waals surface area contributed by atoms with Crippen LogP contribution in [-0.2, 0) is 0 Å². The zero-order chi connectivity index (χ0) is 4.12. The number of rotatable bonds is 2. The Labute approximate surface area is 72.8 Å². The van der Waals surface area contributed by atoms with Gasteiger partial charge in [0, 0.05) is 0 Å². The van der Waals surface area contributed by atoms with Gasteiger partial charge < -0.3 is 5.73 Å². The average molecular weight is 275 g/mol. The van der Waals surface area contributed by atoms with Gasteiger partial charge in [-0.3, -0.25) is 0 Å². The molecule has 0 aromatic rings. The van der Waals surface area contributed by atoms with E-state index in [2.05, 4.69) is 6.92 Å². The monoisotopic (exact) mass is 275 g/mol. The third-order valence-electron chi connectivity index (χ3n) is 0.558. The van der Waals surface area contributed by atoms with Gasteiger partial charge in [0.15, 0.2) is 0 Å². The zero-order valence-corrected chi connectivity index (χ0v) is 10.6. The minimum atomic E-state index is 0. The van der Waals surface area contributed by atoms with Gasteiger partial charge in [0.1, 0.15) is 0 Å². The van der Waals surface area contributed by atoms with E-state index in [1.54, 1.807) is 0 Å². The Morgan fingerprint density at radius 1 is 1.43 bits per heavy atom. The molecule has 0 aliphatic carbocycles. The van der Waals surface area contributed by atoms with Crippen molar-refractivity contribution in [2.75, 3.05) is 6.54 Å². The van der Waals surface area contributed by atoms with Crippen LogP contribution in [-0.4, -0.2) is 30.5 Å². The second-order valence-corrected chi connectivity index (χ2v) is 1.14. The molecule has 0 aromatic carbocycles. The Kier molecular flexibility index (Phi) is 35.2. The molecule has 0 rings (SSSR count). The van der Waals surface area contributed by atoms with Crippen LogP contribution < -0.4 is 5.73 Å². The van der Waals surface area contributed by atoms with Crippen molar-refractivity contribution in [3.63, 3.8) is 0 Å². The van der Waals surface area contributed by atoms with Gasteiger partial charge in [0.2, 0.25) is 0 Å². The first-order chi connectivity index (χ1) is 2.41. The molecule has 0 spiro atoms. The summed E-state index contributed by atoms with van der Waals surface area (Å²) in [7, 11) is 0. The molecular weight excluding hydrogens is 261 g/mol. The van der Waals surface area contributed by atoms with Crippen LogP contribution in [0.3, 0.4) is 0 Å². The Hall–Kier alpha value is 1.24. The molecule has 3 heteroatoms. The minimum absolute atomic E-state index is 0. The molecule has 0 unspecified atom stereocenters. The van der Waals surface area contributed by atoms with Gasteiger partial charge in [0.05, 0.1) is 0 Å². The summed E-state index contributed by atoms with van der Waals surface area (Å²) in [6.45, 7) is 2.98. The standard InChI is InChI=1S/C4H11N.BrH.Sn.2H/c1-2-3-4-5;;;;/h2-5H2,1H3;1H;;;. The van der Waals surface area contributed by atoms with E-state index in [9.17, 15) is 0 Å². The topological polar surface area (TPSA) is 26.0 Å². The molecule has 2 radical (unpaired) electrons. The van der Waals surface area contributed by atoms with Crippen molar-refractivity contribution < 1.29 is 0 Å². The molecule has 0 aliphatic heterocycles. The molecule has 46 valence electrons. The Bertz CT molecular complexity index is 19.2. The van der Waals surface area contributed by atoms with Gasteiger partial charge in [-0.1, -0.05) is 13.3 Å². The van der Waals surface area contributed by atoms with Crippen molar-refractivity contribution >= 4 is 40.9 Å². The van der Waals surface area contributed by atoms with Gasteiger partial charge in [0.25, 0.3) is 0 Å². The molecule has 0 saturated carbocycles. The molecule has 0 atom stereocenters. The molecule has 1 nitrogen and oxygen atoms in total. The van der Waals surface area contributed by atoms with E-state index in [0.29, 0.717) is 0 Å². The molecule has 2 N–H and O–H groups in total. The first kappa shape index (κ1) is 15.7. The van der Waals surface area contributed by atoms with Crippen LogP contribution in [0.4, 0.5) is 0 Å². The molecule has 0 bridgehead atoms. The van der Waals surface area contributed by atoms with E-state index in [-0.39, 0.29) is 40.9 Å². The number of hydrogen-bond donors (Lipinski definition) is 1. The predicted molar refractivity (Wildman–Crippen MR) is 42.8 cm³/mol. The molecule has 0 aliphatic rings. The van der Waals surface area contributed by atoms with Gasteiger partial charge in [-0.15, -0.1) is 17.0 Å². The second-order valence-electron chi connectivity index (χ2n) is 1.14. The fourth-order valence-corrected chi connectivity index (χ4v) is 0.204. The van der Waals surface area contributed by atoms with E-state index in [0.717, 1.165) is 6.54 Å². The average Bonchev–Trinajstić information content (AvgIpc) is 1.41. The maximum atomic E-state index is 5.14. The van der Waals surface area contributed by atoms with Crippen LogP contribution in [0.1, 0.15) is 19.8 Å². The van der Waals surface area contributed by atoms with Crippen LogP contribution in [0.5, 0.6) is 0 Å². The van der Waals surface area contributed by atoms with E-state index in [1.807, 2.05) is 0 Å². The van der Waals surface area contributed by atoms with Gasteiger partial charge >= 0.3 is 23.9 Å². The van der Waals surface area contributed by atoms with Crippen LogP contribution >= 0.6 is 17.0 Å². The summed E-state index contributed by atoms with van der Waals surface area (Å²) in [5.74, 6) is 0. The SMILES string of the molecule is Br.CCCCN.[SnH2]. The number of halogens is 1. The van der Waals surface area contributed by atoms with Gasteiger partial charge in [-0.05, 0) is 13.0 Å². The van der Waals surface area contributed by atoms with Crippen molar-refractivity contribution in [2.45, 2.75) is 19.8 Å². The van der Waals surface area contributed by atoms with Gasteiger partial charge in [-0.2, -0.15) is 0 Å². The summed E-state index contributed by atoms with van der Waals surface area (Å²) >= 11 is 0. The first-order valence-electron chi connectivity index (χ1n) is 2.12. The summed E-state index contributed by atoms with van der Waals surface area (Å²) in [5.41, 5.74) is 5.14. The molecule has 0 heterocycles. The summed E-state index contributed by atoms with van der Waals surface area (Å²) in [6, 6.07) is 0. The summed E-state index contributed by atoms with van der Waals surface area (Å²) < 4.78 is 0. The second kappa shape index (κ2) is 15.7. The van der Waals surface area contributed by atoms with Crippen molar-refractivity contribution in [2.24, 2.45) is 5.73 Å². The fraction of sp³-hybridized carbons (Fsp3) is 1.00. The van der Waals surface area contributed by atoms with Crippen LogP contribution in [0, 0.1) is 0 Å². The molecular formula is C4H14BrNSn. The number of hydrogen-bond acceptors (Lipinski definition) is 1. The number of nitrogens with two attached hydrogens (primary N) is 1. The van der Waals surface area contributed by atoms with E-state index in [4.69, 9.17) is 5.73 Å². The maximum absolute atomic E-state index is 5.14. The molecule has 7 heavy (non-hydrogen) atoms. The van der Waals surface area contributed by atoms with Crippen molar-refractivity contribution in [3.05, 3.63) is 0 Å². The van der Waals surface area contributed by atoms with E-state index in [1.165, 1.54) is 12.8 Å². The summed E-state index contributed by atoms with van der Waals surface area (Å²) in [4.78, 5) is 0. The van der Waals surface area contributed by atoms with Crippen LogP contribution in [0.15, 0.2) is 0 Å². The van der Waals surface area contributed by atoms with Crippen molar-refractivity contribution in [1.82, 2.24) is 0 Å². The fourth-order valence-electron chi connectivity index (χ4n) is 0.204. The quantitative estimate of drug-likeness (QED) is 0.725. The Balaban J connectivity index is -0.0000000800. The Morgan fingerprint density at radius 2 is 1.86 bits per heavy atom. The van der Waals surface area contributed by atoms with Crippen LogP contribution in [0.2, 0.25) is 0 Å². The predicted octanol–water partition coefficient (Wildman–Crippen LogP) is 0.407. The molecule has 0 saturated heterocycles. The number of unbranched alkanes of at least 4 members (excludes halogenated alkanes) is 1. The third kappa shape index (κ3) is 18.9. The van der Waals surface area contributed by atoms with Crippen LogP contribution in [0.25, 0.3) is 0 Å².